The first kappa shape index (κ1) is 18.7. The Hall–Kier alpha value is -2.65. The third-order valence-electron chi connectivity index (χ3n) is 4.84. The number of carbonyl (C=O) groups excluding carboxylic acids is 1. The second-order valence-corrected chi connectivity index (χ2v) is 7.90. The SMILES string of the molecule is Cc1cc(-c2cncnc2C2CCN(CC(=O)Nc3nc(C)cs3)CC2)on1. The molecule has 4 heterocycles. The zero-order valence-corrected chi connectivity index (χ0v) is 16.7. The number of rotatable bonds is 5. The van der Waals surface area contributed by atoms with Gasteiger partial charge in [-0.15, -0.1) is 11.3 Å². The second-order valence-electron chi connectivity index (χ2n) is 7.05. The summed E-state index contributed by atoms with van der Waals surface area (Å²) in [7, 11) is 0. The van der Waals surface area contributed by atoms with E-state index in [1.807, 2.05) is 25.3 Å². The number of hydrogen-bond acceptors (Lipinski definition) is 8. The molecule has 0 atom stereocenters. The van der Waals surface area contributed by atoms with Crippen LogP contribution < -0.4 is 5.32 Å². The van der Waals surface area contributed by atoms with Crippen LogP contribution in [0.25, 0.3) is 11.3 Å². The number of nitrogens with one attached hydrogen (secondary N) is 1. The number of amides is 1. The molecule has 1 fully saturated rings. The van der Waals surface area contributed by atoms with Gasteiger partial charge in [0.1, 0.15) is 6.33 Å². The molecular formula is C19H22N6O2S. The quantitative estimate of drug-likeness (QED) is 0.705. The van der Waals surface area contributed by atoms with E-state index >= 15 is 0 Å². The Labute approximate surface area is 167 Å². The van der Waals surface area contributed by atoms with Crippen molar-refractivity contribution in [1.82, 2.24) is 25.0 Å². The maximum Gasteiger partial charge on any atom is 0.240 e. The summed E-state index contributed by atoms with van der Waals surface area (Å²) < 4.78 is 5.42. The van der Waals surface area contributed by atoms with Crippen LogP contribution in [0.5, 0.6) is 0 Å². The number of aromatic nitrogens is 4. The monoisotopic (exact) mass is 398 g/mol. The fourth-order valence-electron chi connectivity index (χ4n) is 3.48. The Morgan fingerprint density at radius 2 is 2.14 bits per heavy atom. The van der Waals surface area contributed by atoms with E-state index in [0.29, 0.717) is 23.4 Å². The van der Waals surface area contributed by atoms with Crippen LogP contribution in [0.3, 0.4) is 0 Å². The number of likely N-dealkylation sites (tertiary alicyclic amines) is 1. The number of piperidine rings is 1. The van der Waals surface area contributed by atoms with Gasteiger partial charge in [-0.25, -0.2) is 15.0 Å². The lowest BCUT2D eigenvalue weighted by molar-refractivity contribution is -0.117. The summed E-state index contributed by atoms with van der Waals surface area (Å²) in [6.45, 7) is 5.87. The van der Waals surface area contributed by atoms with Gasteiger partial charge in [0.15, 0.2) is 10.9 Å². The summed E-state index contributed by atoms with van der Waals surface area (Å²) in [5.74, 6) is 0.991. The zero-order chi connectivity index (χ0) is 19.5. The second kappa shape index (κ2) is 8.15. The summed E-state index contributed by atoms with van der Waals surface area (Å²) >= 11 is 1.45. The van der Waals surface area contributed by atoms with Crippen molar-refractivity contribution in [2.75, 3.05) is 25.0 Å². The first-order valence-electron chi connectivity index (χ1n) is 9.26. The maximum absolute atomic E-state index is 12.3. The van der Waals surface area contributed by atoms with Gasteiger partial charge in [-0.2, -0.15) is 0 Å². The van der Waals surface area contributed by atoms with Crippen LogP contribution in [0.1, 0.15) is 35.8 Å². The molecule has 1 aliphatic rings. The number of anilines is 1. The molecule has 0 bridgehead atoms. The lowest BCUT2D eigenvalue weighted by Crippen LogP contribution is -2.39. The summed E-state index contributed by atoms with van der Waals surface area (Å²) in [4.78, 5) is 27.4. The van der Waals surface area contributed by atoms with E-state index in [4.69, 9.17) is 4.52 Å². The van der Waals surface area contributed by atoms with E-state index in [1.54, 1.807) is 12.5 Å². The number of aryl methyl sites for hydroxylation is 2. The third-order valence-corrected chi connectivity index (χ3v) is 5.72. The molecule has 1 N–H and O–H groups in total. The van der Waals surface area contributed by atoms with Crippen molar-refractivity contribution in [2.24, 2.45) is 0 Å². The van der Waals surface area contributed by atoms with E-state index < -0.39 is 0 Å². The molecule has 3 aromatic rings. The van der Waals surface area contributed by atoms with Gasteiger partial charge in [-0.3, -0.25) is 9.69 Å². The summed E-state index contributed by atoms with van der Waals surface area (Å²) in [6.07, 6.45) is 5.23. The van der Waals surface area contributed by atoms with Crippen molar-refractivity contribution < 1.29 is 9.32 Å². The Bertz CT molecular complexity index is 961. The zero-order valence-electron chi connectivity index (χ0n) is 15.9. The van der Waals surface area contributed by atoms with E-state index in [2.05, 4.69) is 30.3 Å². The Balaban J connectivity index is 1.36. The predicted octanol–water partition coefficient (Wildman–Crippen LogP) is 3.02. The average Bonchev–Trinajstić information content (AvgIpc) is 3.30. The molecule has 0 unspecified atom stereocenters. The Kier molecular flexibility index (Phi) is 5.45. The van der Waals surface area contributed by atoms with Crippen LogP contribution in [0.2, 0.25) is 0 Å². The van der Waals surface area contributed by atoms with Crippen molar-refractivity contribution >= 4 is 22.4 Å². The van der Waals surface area contributed by atoms with Gasteiger partial charge in [-0.05, 0) is 39.8 Å². The highest BCUT2D eigenvalue weighted by Gasteiger charge is 2.26. The molecule has 4 rings (SSSR count). The van der Waals surface area contributed by atoms with Gasteiger partial charge in [0.05, 0.1) is 29.2 Å². The topological polar surface area (TPSA) is 97.0 Å². The molecule has 1 aliphatic heterocycles. The number of thiazole rings is 1. The minimum absolute atomic E-state index is 0.0207. The summed E-state index contributed by atoms with van der Waals surface area (Å²) in [5, 5.41) is 9.43. The van der Waals surface area contributed by atoms with Crippen LogP contribution in [0, 0.1) is 13.8 Å². The normalized spacial score (nSPS) is 15.6. The van der Waals surface area contributed by atoms with Gasteiger partial charge < -0.3 is 9.84 Å². The average molecular weight is 398 g/mol. The highest BCUT2D eigenvalue weighted by atomic mass is 32.1. The standard InChI is InChI=1S/C19H22N6O2S/c1-12-7-16(27-24-12)15-8-20-11-21-18(15)14-3-5-25(6-4-14)9-17(26)23-19-22-13(2)10-28-19/h7-8,10-11,14H,3-6,9H2,1-2H3,(H,22,23,26). The largest absolute Gasteiger partial charge is 0.356 e. The Morgan fingerprint density at radius 3 is 2.82 bits per heavy atom. The molecule has 0 spiro atoms. The fourth-order valence-corrected chi connectivity index (χ4v) is 4.19. The third kappa shape index (κ3) is 4.26. The maximum atomic E-state index is 12.3. The van der Waals surface area contributed by atoms with Crippen LogP contribution >= 0.6 is 11.3 Å². The molecule has 0 aromatic carbocycles. The highest BCUT2D eigenvalue weighted by Crippen LogP contribution is 2.33. The van der Waals surface area contributed by atoms with Gasteiger partial charge in [0, 0.05) is 23.6 Å². The van der Waals surface area contributed by atoms with Crippen molar-refractivity contribution in [3.8, 4) is 11.3 Å². The van der Waals surface area contributed by atoms with Gasteiger partial charge in [-0.1, -0.05) is 5.16 Å². The molecule has 0 aliphatic carbocycles. The first-order valence-corrected chi connectivity index (χ1v) is 10.1. The lowest BCUT2D eigenvalue weighted by atomic mass is 9.90. The molecule has 28 heavy (non-hydrogen) atoms. The summed E-state index contributed by atoms with van der Waals surface area (Å²) in [5.41, 5.74) is 3.65. The molecular weight excluding hydrogens is 376 g/mol. The minimum atomic E-state index is -0.0207. The van der Waals surface area contributed by atoms with Gasteiger partial charge in [0.2, 0.25) is 5.91 Å². The van der Waals surface area contributed by atoms with E-state index in [1.165, 1.54) is 11.3 Å². The first-order chi connectivity index (χ1) is 13.6. The van der Waals surface area contributed by atoms with Crippen LogP contribution in [-0.4, -0.2) is 50.5 Å². The molecule has 0 saturated carbocycles. The van der Waals surface area contributed by atoms with Crippen molar-refractivity contribution in [1.29, 1.82) is 0 Å². The molecule has 3 aromatic heterocycles. The fraction of sp³-hybridized carbons (Fsp3) is 0.421. The molecule has 8 nitrogen and oxygen atoms in total. The molecule has 146 valence electrons. The lowest BCUT2D eigenvalue weighted by Gasteiger charge is -2.31. The van der Waals surface area contributed by atoms with Gasteiger partial charge >= 0.3 is 0 Å². The van der Waals surface area contributed by atoms with Crippen LogP contribution in [0.15, 0.2) is 28.5 Å². The molecule has 9 heteroatoms. The van der Waals surface area contributed by atoms with Crippen molar-refractivity contribution in [3.63, 3.8) is 0 Å². The molecule has 0 radical (unpaired) electrons. The van der Waals surface area contributed by atoms with Crippen LogP contribution in [-0.2, 0) is 4.79 Å². The predicted molar refractivity (Wildman–Crippen MR) is 106 cm³/mol. The summed E-state index contributed by atoms with van der Waals surface area (Å²) in [6, 6.07) is 1.90. The smallest absolute Gasteiger partial charge is 0.240 e. The van der Waals surface area contributed by atoms with E-state index in [-0.39, 0.29) is 5.91 Å². The van der Waals surface area contributed by atoms with Crippen molar-refractivity contribution in [2.45, 2.75) is 32.6 Å². The van der Waals surface area contributed by atoms with E-state index in [0.717, 1.165) is 48.6 Å². The van der Waals surface area contributed by atoms with Crippen LogP contribution in [0.4, 0.5) is 5.13 Å². The van der Waals surface area contributed by atoms with E-state index in [9.17, 15) is 4.79 Å². The number of carbonyl (C=O) groups is 1. The molecule has 1 saturated heterocycles. The number of nitrogens with zero attached hydrogens (tertiary/aromatic N) is 5. The van der Waals surface area contributed by atoms with Gasteiger partial charge in [0.25, 0.3) is 0 Å². The minimum Gasteiger partial charge on any atom is -0.356 e. The molecule has 1 amide bonds. The number of hydrogen-bond donors (Lipinski definition) is 1. The van der Waals surface area contributed by atoms with Crippen molar-refractivity contribution in [3.05, 3.63) is 41.1 Å². The highest BCUT2D eigenvalue weighted by molar-refractivity contribution is 7.13. The Morgan fingerprint density at radius 1 is 1.32 bits per heavy atom.